The van der Waals surface area contributed by atoms with E-state index in [-0.39, 0.29) is 39.1 Å². The molecule has 1 N–H and O–H groups in total. The van der Waals surface area contributed by atoms with Crippen LogP contribution >= 0.6 is 23.2 Å². The van der Waals surface area contributed by atoms with Gasteiger partial charge in [-0.05, 0) is 63.1 Å². The van der Waals surface area contributed by atoms with Crippen LogP contribution in [0.15, 0.2) is 83.8 Å². The predicted molar refractivity (Wildman–Crippen MR) is 152 cm³/mol. The van der Waals surface area contributed by atoms with Crippen LogP contribution in [0, 0.1) is 0 Å². The maximum Gasteiger partial charge on any atom is 0.264 e. The highest BCUT2D eigenvalue weighted by Crippen LogP contribution is 2.30. The molecule has 0 aliphatic carbocycles. The van der Waals surface area contributed by atoms with Crippen LogP contribution in [-0.2, 0) is 26.0 Å². The van der Waals surface area contributed by atoms with Crippen LogP contribution in [0.3, 0.4) is 0 Å². The molecule has 3 aromatic carbocycles. The summed E-state index contributed by atoms with van der Waals surface area (Å²) in [5.74, 6) is -0.868. The molecule has 3 aromatic rings. The molecule has 1 unspecified atom stereocenters. The number of nitrogens with zero attached hydrogens (tertiary/aromatic N) is 2. The van der Waals surface area contributed by atoms with E-state index in [1.807, 2.05) is 44.2 Å². The summed E-state index contributed by atoms with van der Waals surface area (Å²) in [6.45, 7) is 4.95. The molecule has 0 fully saturated rings. The normalized spacial score (nSPS) is 12.2. The van der Waals surface area contributed by atoms with E-state index in [0.29, 0.717) is 6.42 Å². The van der Waals surface area contributed by atoms with Gasteiger partial charge in [-0.1, -0.05) is 71.7 Å². The number of hydrogen-bond donors (Lipinski definition) is 1. The Morgan fingerprint density at radius 3 is 1.97 bits per heavy atom. The van der Waals surface area contributed by atoms with E-state index in [1.165, 1.54) is 35.2 Å². The average Bonchev–Trinajstić information content (AvgIpc) is 2.87. The van der Waals surface area contributed by atoms with Gasteiger partial charge in [0.05, 0.1) is 10.6 Å². The van der Waals surface area contributed by atoms with Gasteiger partial charge in [-0.25, -0.2) is 8.42 Å². The Morgan fingerprint density at radius 2 is 1.42 bits per heavy atom. The molecule has 0 saturated heterocycles. The summed E-state index contributed by atoms with van der Waals surface area (Å²) in [6.07, 6.45) is 0.486. The van der Waals surface area contributed by atoms with Crippen LogP contribution in [0.25, 0.3) is 0 Å². The van der Waals surface area contributed by atoms with Gasteiger partial charge in [0.15, 0.2) is 0 Å². The molecule has 0 aliphatic heterocycles. The maximum atomic E-state index is 13.8. The van der Waals surface area contributed by atoms with Crippen LogP contribution in [0.1, 0.15) is 26.3 Å². The second-order valence-electron chi connectivity index (χ2n) is 9.11. The number of carbonyl (C=O) groups excluding carboxylic acids is 2. The monoisotopic (exact) mass is 575 g/mol. The minimum absolute atomic E-state index is 0.00494. The van der Waals surface area contributed by atoms with Crippen LogP contribution in [0.5, 0.6) is 0 Å². The first kappa shape index (κ1) is 29.5. The fraction of sp³-hybridized carbons (Fsp3) is 0.286. The number of amides is 2. The third kappa shape index (κ3) is 7.72. The Labute approximate surface area is 234 Å². The lowest BCUT2D eigenvalue weighted by molar-refractivity contribution is -0.139. The minimum atomic E-state index is -4.18. The van der Waals surface area contributed by atoms with Crippen molar-refractivity contribution >= 4 is 50.7 Å². The Hall–Kier alpha value is -3.07. The SMILES string of the molecule is CC(C)NC(=O)C(C)N(CCc1ccccc1)C(=O)CN(c1cc(Cl)cc(Cl)c1)S(=O)(=O)c1ccccc1. The molecule has 38 heavy (non-hydrogen) atoms. The number of hydrogen-bond acceptors (Lipinski definition) is 4. The molecule has 0 radical (unpaired) electrons. The largest absolute Gasteiger partial charge is 0.352 e. The average molecular weight is 577 g/mol. The van der Waals surface area contributed by atoms with E-state index in [4.69, 9.17) is 23.2 Å². The van der Waals surface area contributed by atoms with Crippen molar-refractivity contribution in [1.29, 1.82) is 0 Å². The van der Waals surface area contributed by atoms with E-state index in [2.05, 4.69) is 5.32 Å². The molecule has 1 atom stereocenters. The molecule has 3 rings (SSSR count). The molecule has 7 nitrogen and oxygen atoms in total. The highest BCUT2D eigenvalue weighted by molar-refractivity contribution is 7.92. The van der Waals surface area contributed by atoms with Crippen LogP contribution in [0.4, 0.5) is 5.69 Å². The van der Waals surface area contributed by atoms with Gasteiger partial charge >= 0.3 is 0 Å². The van der Waals surface area contributed by atoms with Crippen molar-refractivity contribution in [3.8, 4) is 0 Å². The molecule has 0 aromatic heterocycles. The number of halogens is 2. The smallest absolute Gasteiger partial charge is 0.264 e. The van der Waals surface area contributed by atoms with Crippen molar-refractivity contribution in [3.05, 3.63) is 94.5 Å². The lowest BCUT2D eigenvalue weighted by Gasteiger charge is -2.32. The first-order valence-electron chi connectivity index (χ1n) is 12.2. The molecule has 0 bridgehead atoms. The summed E-state index contributed by atoms with van der Waals surface area (Å²) in [7, 11) is -4.18. The van der Waals surface area contributed by atoms with Crippen molar-refractivity contribution in [3.63, 3.8) is 0 Å². The quantitative estimate of drug-likeness (QED) is 0.341. The highest BCUT2D eigenvalue weighted by Gasteiger charge is 2.32. The Balaban J connectivity index is 2.00. The van der Waals surface area contributed by atoms with Crippen LogP contribution in [-0.4, -0.2) is 50.3 Å². The number of anilines is 1. The first-order chi connectivity index (χ1) is 18.0. The number of nitrogens with one attached hydrogen (secondary N) is 1. The molecule has 0 aliphatic rings. The first-order valence-corrected chi connectivity index (χ1v) is 14.4. The van der Waals surface area contributed by atoms with E-state index in [1.54, 1.807) is 25.1 Å². The summed E-state index contributed by atoms with van der Waals surface area (Å²) in [4.78, 5) is 28.1. The van der Waals surface area contributed by atoms with E-state index in [9.17, 15) is 18.0 Å². The van der Waals surface area contributed by atoms with E-state index in [0.717, 1.165) is 9.87 Å². The number of benzene rings is 3. The zero-order valence-corrected chi connectivity index (χ0v) is 23.8. The standard InChI is InChI=1S/C28H31Cl2N3O4S/c1-20(2)31-28(35)21(3)32(15-14-22-10-6-4-7-11-22)27(34)19-33(25-17-23(29)16-24(30)18-25)38(36,37)26-12-8-5-9-13-26/h4-13,16-18,20-21H,14-15,19H2,1-3H3,(H,31,35). The van der Waals surface area contributed by atoms with Crippen molar-refractivity contribution in [2.45, 2.75) is 44.2 Å². The second kappa shape index (κ2) is 13.1. The fourth-order valence-electron chi connectivity index (χ4n) is 3.91. The van der Waals surface area contributed by atoms with Gasteiger partial charge in [0.25, 0.3) is 10.0 Å². The Kier molecular flexibility index (Phi) is 10.2. The van der Waals surface area contributed by atoms with Gasteiger partial charge in [-0.2, -0.15) is 0 Å². The fourth-order valence-corrected chi connectivity index (χ4v) is 5.84. The summed E-state index contributed by atoms with van der Waals surface area (Å²) in [5.41, 5.74) is 1.12. The van der Waals surface area contributed by atoms with E-state index < -0.39 is 28.5 Å². The molecule has 10 heteroatoms. The third-order valence-electron chi connectivity index (χ3n) is 5.83. The molecule has 0 heterocycles. The van der Waals surface area contributed by atoms with Crippen molar-refractivity contribution in [2.75, 3.05) is 17.4 Å². The van der Waals surface area contributed by atoms with Crippen LogP contribution < -0.4 is 9.62 Å². The van der Waals surface area contributed by atoms with Crippen molar-refractivity contribution in [2.24, 2.45) is 0 Å². The van der Waals surface area contributed by atoms with E-state index >= 15 is 0 Å². The number of sulfonamides is 1. The summed E-state index contributed by atoms with van der Waals surface area (Å²) in [6, 6.07) is 20.7. The Bertz CT molecular complexity index is 1330. The highest BCUT2D eigenvalue weighted by atomic mass is 35.5. The lowest BCUT2D eigenvalue weighted by Crippen LogP contribution is -2.53. The minimum Gasteiger partial charge on any atom is -0.352 e. The zero-order valence-electron chi connectivity index (χ0n) is 21.5. The summed E-state index contributed by atoms with van der Waals surface area (Å²) >= 11 is 12.4. The van der Waals surface area contributed by atoms with Gasteiger partial charge in [-0.3, -0.25) is 13.9 Å². The lowest BCUT2D eigenvalue weighted by atomic mass is 10.1. The predicted octanol–water partition coefficient (Wildman–Crippen LogP) is 5.17. The number of carbonyl (C=O) groups is 2. The maximum absolute atomic E-state index is 13.8. The molecular formula is C28H31Cl2N3O4S. The summed E-state index contributed by atoms with van der Waals surface area (Å²) in [5, 5.41) is 3.27. The van der Waals surface area contributed by atoms with Crippen LogP contribution in [0.2, 0.25) is 10.0 Å². The van der Waals surface area contributed by atoms with Gasteiger partial charge in [-0.15, -0.1) is 0 Å². The molecule has 0 saturated carbocycles. The molecule has 2 amide bonds. The number of rotatable bonds is 11. The van der Waals surface area contributed by atoms with Gasteiger partial charge < -0.3 is 10.2 Å². The van der Waals surface area contributed by atoms with Gasteiger partial charge in [0, 0.05) is 22.6 Å². The summed E-state index contributed by atoms with van der Waals surface area (Å²) < 4.78 is 28.4. The van der Waals surface area contributed by atoms with Gasteiger partial charge in [0.1, 0.15) is 12.6 Å². The molecule has 0 spiro atoms. The third-order valence-corrected chi connectivity index (χ3v) is 8.05. The topological polar surface area (TPSA) is 86.8 Å². The molecule has 202 valence electrons. The molecular weight excluding hydrogens is 545 g/mol. The second-order valence-corrected chi connectivity index (χ2v) is 11.8. The zero-order chi connectivity index (χ0) is 27.9. The van der Waals surface area contributed by atoms with Crippen molar-refractivity contribution < 1.29 is 18.0 Å². The van der Waals surface area contributed by atoms with Gasteiger partial charge in [0.2, 0.25) is 11.8 Å². The Morgan fingerprint density at radius 1 is 0.868 bits per heavy atom. The van der Waals surface area contributed by atoms with Crippen molar-refractivity contribution in [1.82, 2.24) is 10.2 Å².